The summed E-state index contributed by atoms with van der Waals surface area (Å²) >= 11 is 0. The number of carbonyl (C=O) groups excluding carboxylic acids is 1. The van der Waals surface area contributed by atoms with E-state index in [-0.39, 0.29) is 5.91 Å². The first-order valence-electron chi connectivity index (χ1n) is 9.28. The Morgan fingerprint density at radius 1 is 1.26 bits per heavy atom. The zero-order valence-corrected chi connectivity index (χ0v) is 16.0. The molecule has 3 aliphatic rings. The quantitative estimate of drug-likeness (QED) is 0.872. The van der Waals surface area contributed by atoms with Gasteiger partial charge in [-0.1, -0.05) is 6.07 Å². The van der Waals surface area contributed by atoms with Crippen molar-refractivity contribution in [1.82, 2.24) is 14.9 Å². The van der Waals surface area contributed by atoms with Crippen molar-refractivity contribution in [3.8, 4) is 5.75 Å². The van der Waals surface area contributed by atoms with Gasteiger partial charge in [0.15, 0.2) is 0 Å². The molecule has 0 aliphatic carbocycles. The number of piperidine rings is 1. The van der Waals surface area contributed by atoms with Gasteiger partial charge in [0, 0.05) is 48.2 Å². The maximum Gasteiger partial charge on any atom is 0.238 e. The van der Waals surface area contributed by atoms with Crippen LogP contribution in [0.5, 0.6) is 5.75 Å². The third-order valence-electron chi connectivity index (χ3n) is 5.63. The van der Waals surface area contributed by atoms with Gasteiger partial charge in [-0.25, -0.2) is 9.97 Å². The molecule has 1 aromatic carbocycles. The van der Waals surface area contributed by atoms with Gasteiger partial charge in [0.05, 0.1) is 13.7 Å². The first-order chi connectivity index (χ1) is 13.0. The predicted octanol–water partition coefficient (Wildman–Crippen LogP) is 2.00. The Labute approximate surface area is 159 Å². The van der Waals surface area contributed by atoms with Crippen molar-refractivity contribution < 1.29 is 9.53 Å². The number of nitrogens with one attached hydrogen (secondary N) is 1. The van der Waals surface area contributed by atoms with Crippen molar-refractivity contribution in [3.63, 3.8) is 0 Å². The summed E-state index contributed by atoms with van der Waals surface area (Å²) in [5, 5.41) is 2.97. The zero-order chi connectivity index (χ0) is 19.0. The van der Waals surface area contributed by atoms with Gasteiger partial charge in [-0.2, -0.15) is 0 Å². The molecule has 1 aromatic heterocycles. The molecular formula is C20H25N5O2. The van der Waals surface area contributed by atoms with E-state index in [9.17, 15) is 4.79 Å². The molecule has 1 amide bonds. The van der Waals surface area contributed by atoms with Crippen molar-refractivity contribution in [2.75, 3.05) is 37.0 Å². The number of benzene rings is 1. The molecular weight excluding hydrogens is 342 g/mol. The summed E-state index contributed by atoms with van der Waals surface area (Å²) in [5.41, 5.74) is 2.92. The van der Waals surface area contributed by atoms with Crippen LogP contribution in [0.4, 0.5) is 11.5 Å². The van der Waals surface area contributed by atoms with Gasteiger partial charge in [-0.05, 0) is 32.4 Å². The lowest BCUT2D eigenvalue weighted by Crippen LogP contribution is -2.70. The second-order valence-electron chi connectivity index (χ2n) is 7.31. The molecule has 7 nitrogen and oxygen atoms in total. The lowest BCUT2D eigenvalue weighted by molar-refractivity contribution is -0.121. The molecule has 0 spiro atoms. The van der Waals surface area contributed by atoms with Gasteiger partial charge in [-0.15, -0.1) is 0 Å². The number of fused-ring (bicyclic) bond motifs is 2. The van der Waals surface area contributed by atoms with Gasteiger partial charge >= 0.3 is 0 Å². The summed E-state index contributed by atoms with van der Waals surface area (Å²) < 4.78 is 5.20. The van der Waals surface area contributed by atoms with Gasteiger partial charge in [0.1, 0.15) is 17.9 Å². The molecule has 0 saturated carbocycles. The zero-order valence-electron chi connectivity index (χ0n) is 16.0. The molecule has 7 heteroatoms. The minimum atomic E-state index is 0.0143. The Kier molecular flexibility index (Phi) is 4.70. The molecule has 2 atom stereocenters. The summed E-state index contributed by atoms with van der Waals surface area (Å²) in [7, 11) is 1.62. The van der Waals surface area contributed by atoms with E-state index in [0.29, 0.717) is 18.6 Å². The number of amides is 1. The number of carbonyl (C=O) groups is 1. The van der Waals surface area contributed by atoms with Crippen molar-refractivity contribution in [1.29, 1.82) is 0 Å². The lowest BCUT2D eigenvalue weighted by atomic mass is 9.87. The van der Waals surface area contributed by atoms with Gasteiger partial charge in [-0.3, -0.25) is 9.69 Å². The van der Waals surface area contributed by atoms with Crippen LogP contribution in [0.2, 0.25) is 0 Å². The van der Waals surface area contributed by atoms with E-state index >= 15 is 0 Å². The van der Waals surface area contributed by atoms with Gasteiger partial charge in [0.25, 0.3) is 0 Å². The molecule has 2 bridgehead atoms. The Hall–Kier alpha value is -2.67. The largest absolute Gasteiger partial charge is 0.497 e. The molecule has 0 radical (unpaired) electrons. The number of hydrogen-bond acceptors (Lipinski definition) is 6. The van der Waals surface area contributed by atoms with E-state index in [4.69, 9.17) is 4.74 Å². The number of rotatable bonds is 5. The van der Waals surface area contributed by atoms with Crippen LogP contribution >= 0.6 is 0 Å². The smallest absolute Gasteiger partial charge is 0.238 e. The fourth-order valence-corrected chi connectivity index (χ4v) is 4.03. The summed E-state index contributed by atoms with van der Waals surface area (Å²) in [6, 6.07) is 8.23. The Balaban J connectivity index is 1.36. The van der Waals surface area contributed by atoms with E-state index in [1.54, 1.807) is 13.4 Å². The number of hydrogen-bond donors (Lipinski definition) is 1. The van der Waals surface area contributed by atoms with Crippen LogP contribution in [0.1, 0.15) is 17.7 Å². The van der Waals surface area contributed by atoms with E-state index < -0.39 is 0 Å². The maximum absolute atomic E-state index is 12.5. The van der Waals surface area contributed by atoms with Crippen LogP contribution < -0.4 is 15.0 Å². The molecule has 27 heavy (non-hydrogen) atoms. The fourth-order valence-electron chi connectivity index (χ4n) is 4.03. The summed E-state index contributed by atoms with van der Waals surface area (Å²) in [6.45, 7) is 6.31. The molecule has 2 unspecified atom stereocenters. The average molecular weight is 367 g/mol. The topological polar surface area (TPSA) is 70.6 Å². The highest BCUT2D eigenvalue weighted by molar-refractivity contribution is 5.92. The van der Waals surface area contributed by atoms with Gasteiger partial charge < -0.3 is 15.0 Å². The maximum atomic E-state index is 12.5. The lowest BCUT2D eigenvalue weighted by Gasteiger charge is -2.56. The normalized spacial score (nSPS) is 21.5. The van der Waals surface area contributed by atoms with Crippen LogP contribution in [-0.2, 0) is 4.79 Å². The van der Waals surface area contributed by atoms with Crippen LogP contribution in [0, 0.1) is 13.8 Å². The number of piperazine rings is 1. The minimum absolute atomic E-state index is 0.0143. The number of methoxy groups -OCH3 is 1. The summed E-state index contributed by atoms with van der Waals surface area (Å²) in [4.78, 5) is 25.8. The van der Waals surface area contributed by atoms with E-state index in [0.717, 1.165) is 48.0 Å². The number of nitrogens with zero attached hydrogens (tertiary/aromatic N) is 4. The Morgan fingerprint density at radius 2 is 2.04 bits per heavy atom. The SMILES string of the molecule is COc1cccc(NC(=O)CN2C3CC2CN(c2ncnc(C)c2C)C3)c1. The van der Waals surface area contributed by atoms with Crippen LogP contribution in [-0.4, -0.2) is 59.6 Å². The first-order valence-corrected chi connectivity index (χ1v) is 9.28. The number of anilines is 2. The van der Waals surface area contributed by atoms with E-state index in [1.807, 2.05) is 31.2 Å². The molecule has 3 aliphatic heterocycles. The van der Waals surface area contributed by atoms with Crippen molar-refractivity contribution in [3.05, 3.63) is 41.9 Å². The van der Waals surface area contributed by atoms with Crippen LogP contribution in [0.25, 0.3) is 0 Å². The molecule has 142 valence electrons. The van der Waals surface area contributed by atoms with Gasteiger partial charge in [0.2, 0.25) is 5.91 Å². The van der Waals surface area contributed by atoms with Crippen LogP contribution in [0.15, 0.2) is 30.6 Å². The second-order valence-corrected chi connectivity index (χ2v) is 7.31. The number of aryl methyl sites for hydroxylation is 1. The monoisotopic (exact) mass is 367 g/mol. The minimum Gasteiger partial charge on any atom is -0.497 e. The van der Waals surface area contributed by atoms with Crippen molar-refractivity contribution in [2.45, 2.75) is 32.4 Å². The fraction of sp³-hybridized carbons (Fsp3) is 0.450. The number of ether oxygens (including phenoxy) is 1. The van der Waals surface area contributed by atoms with E-state index in [2.05, 4.69) is 32.0 Å². The highest BCUT2D eigenvalue weighted by Crippen LogP contribution is 2.34. The standard InChI is InChI=1S/C20H25N5O2/c1-13-14(2)21-12-22-20(13)24-9-16-8-17(10-24)25(16)11-19(26)23-15-5-4-6-18(7-15)27-3/h4-7,12,16-17H,8-11H2,1-3H3,(H,23,26). The van der Waals surface area contributed by atoms with Crippen LogP contribution in [0.3, 0.4) is 0 Å². The van der Waals surface area contributed by atoms with E-state index in [1.165, 1.54) is 0 Å². The molecule has 1 N–H and O–H groups in total. The summed E-state index contributed by atoms with van der Waals surface area (Å²) in [6.07, 6.45) is 2.78. The third-order valence-corrected chi connectivity index (χ3v) is 5.63. The molecule has 4 heterocycles. The summed E-state index contributed by atoms with van der Waals surface area (Å²) in [5.74, 6) is 1.78. The Morgan fingerprint density at radius 3 is 2.78 bits per heavy atom. The molecule has 3 saturated heterocycles. The average Bonchev–Trinajstić information content (AvgIpc) is 2.68. The molecule has 3 fully saturated rings. The highest BCUT2D eigenvalue weighted by atomic mass is 16.5. The highest BCUT2D eigenvalue weighted by Gasteiger charge is 2.45. The van der Waals surface area contributed by atoms with Crippen molar-refractivity contribution >= 4 is 17.4 Å². The Bertz CT molecular complexity index is 844. The predicted molar refractivity (Wildman–Crippen MR) is 104 cm³/mol. The second kappa shape index (κ2) is 7.15. The first kappa shape index (κ1) is 17.7. The third kappa shape index (κ3) is 3.47. The molecule has 5 rings (SSSR count). The molecule has 2 aromatic rings. The van der Waals surface area contributed by atoms with Crippen molar-refractivity contribution in [2.24, 2.45) is 0 Å². The number of aromatic nitrogens is 2.